The molecule has 1 aromatic heterocycles. The van der Waals surface area contributed by atoms with Gasteiger partial charge in [0.1, 0.15) is 5.58 Å². The van der Waals surface area contributed by atoms with Crippen LogP contribution in [0, 0.1) is 0 Å². The topological polar surface area (TPSA) is 56.2 Å². The van der Waals surface area contributed by atoms with Crippen molar-refractivity contribution in [1.82, 2.24) is 0 Å². The zero-order chi connectivity index (χ0) is 16.2. The first kappa shape index (κ1) is 16.4. The maximum atomic E-state index is 11.0. The number of hydrogen-bond donors (Lipinski definition) is 1. The number of benzene rings is 1. The van der Waals surface area contributed by atoms with Gasteiger partial charge in [-0.05, 0) is 43.4 Å². The van der Waals surface area contributed by atoms with Crippen LogP contribution in [0.4, 0.5) is 0 Å². The van der Waals surface area contributed by atoms with Crippen LogP contribution < -0.4 is 5.73 Å². The first-order valence-electron chi connectivity index (χ1n) is 8.59. The number of thioether (sulfide) groups is 1. The molecule has 23 heavy (non-hydrogen) atoms. The van der Waals surface area contributed by atoms with Gasteiger partial charge in [0.05, 0.1) is 6.26 Å². The van der Waals surface area contributed by atoms with E-state index in [2.05, 4.69) is 25.1 Å². The molecule has 124 valence electrons. The zero-order valence-corrected chi connectivity index (χ0v) is 14.5. The lowest BCUT2D eigenvalue weighted by Gasteiger charge is -2.21. The first-order valence-corrected chi connectivity index (χ1v) is 9.47. The van der Waals surface area contributed by atoms with Gasteiger partial charge < -0.3 is 10.2 Å². The lowest BCUT2D eigenvalue weighted by Crippen LogP contribution is -2.11. The van der Waals surface area contributed by atoms with Crippen LogP contribution in [-0.2, 0) is 4.79 Å². The number of carbonyl (C=O) groups excluding carboxylic acids is 1. The quantitative estimate of drug-likeness (QED) is 0.789. The van der Waals surface area contributed by atoms with Gasteiger partial charge in [-0.3, -0.25) is 4.79 Å². The summed E-state index contributed by atoms with van der Waals surface area (Å²) in [4.78, 5) is 12.3. The van der Waals surface area contributed by atoms with Crippen molar-refractivity contribution in [3.63, 3.8) is 0 Å². The molecule has 1 aliphatic carbocycles. The fraction of sp³-hybridized carbons (Fsp3) is 0.526. The summed E-state index contributed by atoms with van der Waals surface area (Å²) in [6.45, 7) is 2.13. The molecule has 3 nitrogen and oxygen atoms in total. The van der Waals surface area contributed by atoms with Gasteiger partial charge >= 0.3 is 0 Å². The Morgan fingerprint density at radius 1 is 1.35 bits per heavy atom. The molecular weight excluding hydrogens is 306 g/mol. The number of amides is 1. The summed E-state index contributed by atoms with van der Waals surface area (Å²) in [7, 11) is 0. The third kappa shape index (κ3) is 4.11. The molecule has 0 spiro atoms. The van der Waals surface area contributed by atoms with E-state index in [-0.39, 0.29) is 11.8 Å². The molecule has 0 aliphatic heterocycles. The van der Waals surface area contributed by atoms with Crippen molar-refractivity contribution in [3.05, 3.63) is 30.0 Å². The van der Waals surface area contributed by atoms with Crippen molar-refractivity contribution in [2.45, 2.75) is 67.9 Å². The fourth-order valence-electron chi connectivity index (χ4n) is 3.37. The number of primary amides is 1. The van der Waals surface area contributed by atoms with E-state index in [0.29, 0.717) is 6.42 Å². The van der Waals surface area contributed by atoms with E-state index >= 15 is 0 Å². The molecule has 2 aromatic rings. The zero-order valence-electron chi connectivity index (χ0n) is 13.7. The standard InChI is InChI=1S/C19H25NO2S/c1-13(7-10-19(20)21)17-12-22-18-9-8-15(11-16(17)18)23-14-5-3-2-4-6-14/h8-9,11-14H,2-7,10H2,1H3,(H2,20,21). The highest BCUT2D eigenvalue weighted by Crippen LogP contribution is 2.37. The second kappa shape index (κ2) is 7.43. The first-order chi connectivity index (χ1) is 11.1. The van der Waals surface area contributed by atoms with E-state index in [9.17, 15) is 4.79 Å². The number of nitrogens with two attached hydrogens (primary N) is 1. The summed E-state index contributed by atoms with van der Waals surface area (Å²) in [5.74, 6) is 0.0388. The van der Waals surface area contributed by atoms with Crippen LogP contribution in [0.5, 0.6) is 0 Å². The number of fused-ring (bicyclic) bond motifs is 1. The molecule has 4 heteroatoms. The monoisotopic (exact) mass is 331 g/mol. The Bertz CT molecular complexity index is 673. The van der Waals surface area contributed by atoms with Crippen molar-refractivity contribution < 1.29 is 9.21 Å². The van der Waals surface area contributed by atoms with E-state index in [1.807, 2.05) is 18.0 Å². The van der Waals surface area contributed by atoms with Crippen LogP contribution in [-0.4, -0.2) is 11.2 Å². The smallest absolute Gasteiger partial charge is 0.217 e. The molecule has 1 fully saturated rings. The van der Waals surface area contributed by atoms with Crippen LogP contribution in [0.2, 0.25) is 0 Å². The molecular formula is C19H25NO2S. The van der Waals surface area contributed by atoms with E-state index in [4.69, 9.17) is 10.2 Å². The molecule has 1 aliphatic rings. The summed E-state index contributed by atoms with van der Waals surface area (Å²) in [6, 6.07) is 6.50. The minimum atomic E-state index is -0.238. The Morgan fingerprint density at radius 3 is 2.87 bits per heavy atom. The van der Waals surface area contributed by atoms with Crippen LogP contribution >= 0.6 is 11.8 Å². The van der Waals surface area contributed by atoms with Crippen LogP contribution in [0.25, 0.3) is 11.0 Å². The van der Waals surface area contributed by atoms with Gasteiger partial charge in [0.2, 0.25) is 5.91 Å². The van der Waals surface area contributed by atoms with E-state index < -0.39 is 0 Å². The van der Waals surface area contributed by atoms with Crippen LogP contribution in [0.15, 0.2) is 33.8 Å². The summed E-state index contributed by atoms with van der Waals surface area (Å²) in [5.41, 5.74) is 7.39. The van der Waals surface area contributed by atoms with Crippen LogP contribution in [0.1, 0.15) is 63.4 Å². The Kier molecular flexibility index (Phi) is 5.31. The molecule has 0 radical (unpaired) electrons. The van der Waals surface area contributed by atoms with E-state index in [1.54, 1.807) is 0 Å². The maximum Gasteiger partial charge on any atom is 0.217 e. The summed E-state index contributed by atoms with van der Waals surface area (Å²) >= 11 is 2.01. The summed E-state index contributed by atoms with van der Waals surface area (Å²) in [5, 5.41) is 1.94. The minimum Gasteiger partial charge on any atom is -0.464 e. The molecule has 1 aromatic carbocycles. The number of rotatable bonds is 6. The SMILES string of the molecule is CC(CCC(N)=O)c1coc2ccc(SC3CCCCC3)cc12. The maximum absolute atomic E-state index is 11.0. The van der Waals surface area contributed by atoms with Crippen molar-refractivity contribution in [2.75, 3.05) is 0 Å². The average Bonchev–Trinajstić information content (AvgIpc) is 2.97. The second-order valence-electron chi connectivity index (χ2n) is 6.63. The molecule has 0 bridgehead atoms. The predicted octanol–water partition coefficient (Wildman–Crippen LogP) is 5.23. The molecule has 1 atom stereocenters. The highest BCUT2D eigenvalue weighted by atomic mass is 32.2. The summed E-state index contributed by atoms with van der Waals surface area (Å²) in [6.07, 6.45) is 9.80. The Hall–Kier alpha value is -1.42. The van der Waals surface area contributed by atoms with Gasteiger partial charge in [-0.2, -0.15) is 0 Å². The Balaban J connectivity index is 1.77. The molecule has 1 heterocycles. The number of furan rings is 1. The highest BCUT2D eigenvalue weighted by Gasteiger charge is 2.17. The lowest BCUT2D eigenvalue weighted by atomic mass is 9.96. The van der Waals surface area contributed by atoms with Gasteiger partial charge in [-0.25, -0.2) is 0 Å². The molecule has 3 rings (SSSR count). The largest absolute Gasteiger partial charge is 0.464 e. The van der Waals surface area contributed by atoms with Crippen LogP contribution in [0.3, 0.4) is 0 Å². The van der Waals surface area contributed by atoms with Crippen molar-refractivity contribution in [3.8, 4) is 0 Å². The number of hydrogen-bond acceptors (Lipinski definition) is 3. The third-order valence-corrected chi connectivity index (χ3v) is 6.12. The molecule has 0 saturated heterocycles. The average molecular weight is 331 g/mol. The Labute approximate surface area is 142 Å². The van der Waals surface area contributed by atoms with E-state index in [1.165, 1.54) is 47.9 Å². The molecule has 2 N–H and O–H groups in total. The Morgan fingerprint density at radius 2 is 2.13 bits per heavy atom. The van der Waals surface area contributed by atoms with Gasteiger partial charge in [0, 0.05) is 27.5 Å². The third-order valence-electron chi connectivity index (χ3n) is 4.78. The lowest BCUT2D eigenvalue weighted by molar-refractivity contribution is -0.118. The molecule has 1 saturated carbocycles. The van der Waals surface area contributed by atoms with Gasteiger partial charge in [-0.15, -0.1) is 11.8 Å². The van der Waals surface area contributed by atoms with Crippen molar-refractivity contribution >= 4 is 28.6 Å². The molecule has 1 unspecified atom stereocenters. The van der Waals surface area contributed by atoms with Crippen molar-refractivity contribution in [2.24, 2.45) is 5.73 Å². The van der Waals surface area contributed by atoms with E-state index in [0.717, 1.165) is 17.3 Å². The minimum absolute atomic E-state index is 0.238. The van der Waals surface area contributed by atoms with Gasteiger partial charge in [-0.1, -0.05) is 26.2 Å². The molecule has 1 amide bonds. The normalized spacial score (nSPS) is 17.4. The second-order valence-corrected chi connectivity index (χ2v) is 8.01. The fourth-order valence-corrected chi connectivity index (χ4v) is 4.66. The predicted molar refractivity (Wildman–Crippen MR) is 95.8 cm³/mol. The van der Waals surface area contributed by atoms with Gasteiger partial charge in [0.15, 0.2) is 0 Å². The van der Waals surface area contributed by atoms with Gasteiger partial charge in [0.25, 0.3) is 0 Å². The number of carbonyl (C=O) groups is 1. The summed E-state index contributed by atoms with van der Waals surface area (Å²) < 4.78 is 5.70. The highest BCUT2D eigenvalue weighted by molar-refractivity contribution is 8.00. The van der Waals surface area contributed by atoms with Crippen molar-refractivity contribution in [1.29, 1.82) is 0 Å².